The number of hydrogen-bond acceptors (Lipinski definition) is 0. The third kappa shape index (κ3) is 9.11. The molecular formula is H2Cl2OSm-2. The summed E-state index contributed by atoms with van der Waals surface area (Å²) in [6.07, 6.45) is 0. The molecule has 0 fully saturated rings. The van der Waals surface area contributed by atoms with Crippen molar-refractivity contribution in [3.8, 4) is 0 Å². The quantitative estimate of drug-likeness (QED) is 0.402. The largest absolute Gasteiger partial charge is 1.00 e. The van der Waals surface area contributed by atoms with E-state index in [0.717, 1.165) is 0 Å². The van der Waals surface area contributed by atoms with Crippen molar-refractivity contribution in [3.05, 3.63) is 0 Å². The summed E-state index contributed by atoms with van der Waals surface area (Å²) in [5.41, 5.74) is 0. The molecule has 0 aliphatic heterocycles. The van der Waals surface area contributed by atoms with Crippen LogP contribution in [0, 0.1) is 40.4 Å². The van der Waals surface area contributed by atoms with Gasteiger partial charge in [0.1, 0.15) is 0 Å². The first-order valence-corrected chi connectivity index (χ1v) is 0. The van der Waals surface area contributed by atoms with Crippen LogP contribution in [-0.2, 0) is 0 Å². The molecule has 0 aliphatic rings. The Hall–Kier alpha value is 1.88. The molecule has 0 saturated heterocycles. The summed E-state index contributed by atoms with van der Waals surface area (Å²) in [6.45, 7) is 0. The molecule has 0 saturated carbocycles. The Morgan fingerprint density at radius 2 is 0.750 bits per heavy atom. The van der Waals surface area contributed by atoms with Crippen LogP contribution in [0.5, 0.6) is 0 Å². The molecule has 0 atom stereocenters. The van der Waals surface area contributed by atoms with Crippen molar-refractivity contribution in [3.63, 3.8) is 0 Å². The predicted octanol–water partition coefficient (Wildman–Crippen LogP) is -6.82. The molecule has 0 aromatic heterocycles. The van der Waals surface area contributed by atoms with E-state index in [2.05, 4.69) is 0 Å². The van der Waals surface area contributed by atoms with E-state index in [9.17, 15) is 0 Å². The zero-order valence-corrected chi connectivity index (χ0v) is 5.80. The average molecular weight is 239 g/mol. The predicted molar refractivity (Wildman–Crippen MR) is 3.61 cm³/mol. The molecule has 0 aliphatic carbocycles. The van der Waals surface area contributed by atoms with E-state index < -0.39 is 0 Å². The Morgan fingerprint density at radius 1 is 0.750 bits per heavy atom. The van der Waals surface area contributed by atoms with Crippen molar-refractivity contribution in [2.75, 3.05) is 0 Å². The van der Waals surface area contributed by atoms with Crippen LogP contribution in [0.2, 0.25) is 0 Å². The van der Waals surface area contributed by atoms with E-state index in [-0.39, 0.29) is 70.7 Å². The summed E-state index contributed by atoms with van der Waals surface area (Å²) in [7, 11) is 0. The van der Waals surface area contributed by atoms with Gasteiger partial charge in [-0.25, -0.2) is 0 Å². The summed E-state index contributed by atoms with van der Waals surface area (Å²) >= 11 is 0. The van der Waals surface area contributed by atoms with E-state index in [0.29, 0.717) is 0 Å². The third-order valence-electron chi connectivity index (χ3n) is 0. The average Bonchev–Trinajstić information content (AvgIpc) is 0. The van der Waals surface area contributed by atoms with Crippen LogP contribution in [-0.4, -0.2) is 5.48 Å². The summed E-state index contributed by atoms with van der Waals surface area (Å²) in [6, 6.07) is 0. The summed E-state index contributed by atoms with van der Waals surface area (Å²) in [5.74, 6) is 0. The zero-order valence-electron chi connectivity index (χ0n) is 1.66. The van der Waals surface area contributed by atoms with Crippen molar-refractivity contribution in [1.82, 2.24) is 0 Å². The van der Waals surface area contributed by atoms with Crippen LogP contribution in [0.25, 0.3) is 0 Å². The number of halogens is 2. The van der Waals surface area contributed by atoms with Crippen molar-refractivity contribution in [2.24, 2.45) is 0 Å². The van der Waals surface area contributed by atoms with Crippen LogP contribution < -0.4 is 24.8 Å². The van der Waals surface area contributed by atoms with Gasteiger partial charge in [-0.05, 0) is 0 Å². The second-order valence-corrected chi connectivity index (χ2v) is 0. The van der Waals surface area contributed by atoms with Crippen LogP contribution in [0.4, 0.5) is 0 Å². The molecule has 0 aromatic carbocycles. The maximum absolute atomic E-state index is 0. The number of rotatable bonds is 0. The van der Waals surface area contributed by atoms with Gasteiger partial charge in [0, 0.05) is 40.4 Å². The van der Waals surface area contributed by atoms with E-state index in [1.165, 1.54) is 0 Å². The summed E-state index contributed by atoms with van der Waals surface area (Å²) in [5, 5.41) is 0. The van der Waals surface area contributed by atoms with Gasteiger partial charge in [0.15, 0.2) is 0 Å². The van der Waals surface area contributed by atoms with Crippen molar-refractivity contribution in [2.45, 2.75) is 0 Å². The maximum Gasteiger partial charge on any atom is 0 e. The molecule has 4 heavy (non-hydrogen) atoms. The second-order valence-electron chi connectivity index (χ2n) is 0. The van der Waals surface area contributed by atoms with Gasteiger partial charge in [-0.1, -0.05) is 0 Å². The van der Waals surface area contributed by atoms with Crippen LogP contribution in [0.1, 0.15) is 0 Å². The van der Waals surface area contributed by atoms with Gasteiger partial charge in [0.2, 0.25) is 0 Å². The van der Waals surface area contributed by atoms with Crippen molar-refractivity contribution in [1.29, 1.82) is 0 Å². The Labute approximate surface area is 69.8 Å². The molecule has 0 rings (SSSR count). The Morgan fingerprint density at radius 3 is 0.750 bits per heavy atom. The van der Waals surface area contributed by atoms with Gasteiger partial charge in [-0.2, -0.15) is 0 Å². The minimum Gasteiger partial charge on any atom is -1.00 e. The minimum absolute atomic E-state index is 0. The van der Waals surface area contributed by atoms with Crippen molar-refractivity contribution >= 4 is 0 Å². The first kappa shape index (κ1) is 39.7. The van der Waals surface area contributed by atoms with Gasteiger partial charge in [0.05, 0.1) is 0 Å². The number of hydrogen-bond donors (Lipinski definition) is 0. The Kier molecular flexibility index (Phi) is 206. The molecule has 0 bridgehead atoms. The second kappa shape index (κ2) is 20.8. The monoisotopic (exact) mass is 240 g/mol. The van der Waals surface area contributed by atoms with Gasteiger partial charge in [-0.15, -0.1) is 0 Å². The fourth-order valence-corrected chi connectivity index (χ4v) is 0. The van der Waals surface area contributed by atoms with Gasteiger partial charge < -0.3 is 30.3 Å². The van der Waals surface area contributed by atoms with Gasteiger partial charge >= 0.3 is 0 Å². The molecule has 2 N–H and O–H groups in total. The first-order chi connectivity index (χ1) is 0. The summed E-state index contributed by atoms with van der Waals surface area (Å²) in [4.78, 5) is 0. The zero-order chi connectivity index (χ0) is 0. The van der Waals surface area contributed by atoms with E-state index >= 15 is 0 Å². The molecule has 0 aromatic rings. The molecule has 0 unspecified atom stereocenters. The minimum atomic E-state index is 0. The molecule has 4 heteroatoms. The Balaban J connectivity index is 0. The normalized spacial score (nSPS) is 0. The Bertz CT molecular complexity index is 6.00. The van der Waals surface area contributed by atoms with E-state index in [1.807, 2.05) is 0 Å². The van der Waals surface area contributed by atoms with E-state index in [4.69, 9.17) is 0 Å². The maximum atomic E-state index is 0. The molecule has 1 nitrogen and oxygen atoms in total. The van der Waals surface area contributed by atoms with Crippen molar-refractivity contribution < 1.29 is 70.7 Å². The smallest absolute Gasteiger partial charge is 0 e. The molecule has 0 spiro atoms. The van der Waals surface area contributed by atoms with Crippen LogP contribution in [0.3, 0.4) is 0 Å². The fraction of sp³-hybridized carbons (Fsp3) is 0. The summed E-state index contributed by atoms with van der Waals surface area (Å²) < 4.78 is 0. The topological polar surface area (TPSA) is 31.5 Å². The molecule has 0 radical (unpaired) electrons. The molecule has 0 heterocycles. The van der Waals surface area contributed by atoms with E-state index in [1.54, 1.807) is 0 Å². The van der Waals surface area contributed by atoms with Gasteiger partial charge in [-0.3, -0.25) is 0 Å². The third-order valence-corrected chi connectivity index (χ3v) is 0. The first-order valence-electron chi connectivity index (χ1n) is 0. The van der Waals surface area contributed by atoms with Crippen LogP contribution >= 0.6 is 0 Å². The SMILES string of the molecule is O.[Cl-].[Cl-].[Sm]. The molecule has 0 amide bonds. The fourth-order valence-electron chi connectivity index (χ4n) is 0. The van der Waals surface area contributed by atoms with Crippen LogP contribution in [0.15, 0.2) is 0 Å². The standard InChI is InChI=1S/2ClH.H2O.Sm/h2*1H;1H2;/p-2. The van der Waals surface area contributed by atoms with Gasteiger partial charge in [0.25, 0.3) is 0 Å². The molecular weight excluding hydrogens is 237 g/mol. The molecule has 30 valence electrons.